The van der Waals surface area contributed by atoms with Gasteiger partial charge in [-0.3, -0.25) is 9.59 Å². The molecule has 1 aromatic carbocycles. The Morgan fingerprint density at radius 2 is 1.74 bits per heavy atom. The largest absolute Gasteiger partial charge is 0.507 e. The summed E-state index contributed by atoms with van der Waals surface area (Å²) in [5.74, 6) is -0.604. The molecule has 8 nitrogen and oxygen atoms in total. The highest BCUT2D eigenvalue weighted by molar-refractivity contribution is 5.93. The molecular formula is C27H43N3O5. The summed E-state index contributed by atoms with van der Waals surface area (Å²) in [5.41, 5.74) is 0.288. The van der Waals surface area contributed by atoms with Crippen LogP contribution in [-0.4, -0.2) is 51.6 Å². The first-order valence-corrected chi connectivity index (χ1v) is 12.6. The normalized spacial score (nSPS) is 15.8. The molecule has 35 heavy (non-hydrogen) atoms. The van der Waals surface area contributed by atoms with E-state index in [4.69, 9.17) is 4.74 Å². The molecular weight excluding hydrogens is 446 g/mol. The lowest BCUT2D eigenvalue weighted by atomic mass is 9.87. The zero-order valence-electron chi connectivity index (χ0n) is 22.5. The second-order valence-electron chi connectivity index (χ2n) is 11.2. The van der Waals surface area contributed by atoms with Gasteiger partial charge in [0.1, 0.15) is 23.4 Å². The van der Waals surface area contributed by atoms with Gasteiger partial charge in [-0.15, -0.1) is 0 Å². The number of amides is 3. The number of aryl methyl sites for hydroxylation is 1. The van der Waals surface area contributed by atoms with E-state index >= 15 is 0 Å². The van der Waals surface area contributed by atoms with Crippen molar-refractivity contribution in [2.45, 2.75) is 111 Å². The number of phenols is 1. The molecule has 0 aromatic heterocycles. The third-order valence-corrected chi connectivity index (χ3v) is 5.94. The van der Waals surface area contributed by atoms with Gasteiger partial charge in [0.05, 0.1) is 0 Å². The van der Waals surface area contributed by atoms with E-state index < -0.39 is 23.8 Å². The Balaban J connectivity index is 2.54. The van der Waals surface area contributed by atoms with Crippen molar-refractivity contribution in [2.75, 3.05) is 0 Å². The number of hydrogen-bond donors (Lipinski definition) is 3. The molecule has 2 atom stereocenters. The van der Waals surface area contributed by atoms with E-state index in [2.05, 4.69) is 10.6 Å². The molecule has 2 unspecified atom stereocenters. The SMILES string of the molecule is Cc1cccc(C(C(=O)NC(C)C)N(C(=O)C(CC(C)C)NC(=O)OC(C)(C)C)C2CCC2)c1O. The third-order valence-electron chi connectivity index (χ3n) is 5.94. The molecule has 3 amide bonds. The van der Waals surface area contributed by atoms with Gasteiger partial charge in [-0.05, 0) is 78.7 Å². The number of ether oxygens (including phenoxy) is 1. The highest BCUT2D eigenvalue weighted by Gasteiger charge is 2.43. The Morgan fingerprint density at radius 1 is 1.11 bits per heavy atom. The molecule has 196 valence electrons. The lowest BCUT2D eigenvalue weighted by Gasteiger charge is -2.44. The van der Waals surface area contributed by atoms with Crippen molar-refractivity contribution in [3.63, 3.8) is 0 Å². The number of hydrogen-bond acceptors (Lipinski definition) is 5. The molecule has 1 aliphatic rings. The van der Waals surface area contributed by atoms with Crippen LogP contribution in [-0.2, 0) is 14.3 Å². The summed E-state index contributed by atoms with van der Waals surface area (Å²) in [6.45, 7) is 14.7. The fourth-order valence-corrected chi connectivity index (χ4v) is 4.19. The number of benzene rings is 1. The molecule has 2 rings (SSSR count). The van der Waals surface area contributed by atoms with E-state index in [1.54, 1.807) is 50.8 Å². The lowest BCUT2D eigenvalue weighted by Crippen LogP contribution is -2.58. The van der Waals surface area contributed by atoms with Crippen molar-refractivity contribution in [1.29, 1.82) is 0 Å². The summed E-state index contributed by atoms with van der Waals surface area (Å²) in [6.07, 6.45) is 2.17. The molecule has 1 aromatic rings. The first kappa shape index (κ1) is 28.5. The standard InChI is InChI=1S/C27H43N3O5/c1-16(2)15-21(29-26(34)35-27(6,7)8)25(33)30(19-12-10-13-19)22(24(32)28-17(3)4)20-14-9-11-18(5)23(20)31/h9,11,14,16-17,19,21-22,31H,10,12-13,15H2,1-8H3,(H,28,32)(H,29,34). The second kappa shape index (κ2) is 11.8. The van der Waals surface area contributed by atoms with Crippen molar-refractivity contribution >= 4 is 17.9 Å². The van der Waals surface area contributed by atoms with E-state index in [1.807, 2.05) is 27.7 Å². The van der Waals surface area contributed by atoms with Crippen LogP contribution in [0.3, 0.4) is 0 Å². The third kappa shape index (κ3) is 7.87. The average Bonchev–Trinajstić information content (AvgIpc) is 2.65. The van der Waals surface area contributed by atoms with E-state index in [0.717, 1.165) is 19.3 Å². The predicted molar refractivity (Wildman–Crippen MR) is 136 cm³/mol. The van der Waals surface area contributed by atoms with Crippen molar-refractivity contribution in [2.24, 2.45) is 5.92 Å². The summed E-state index contributed by atoms with van der Waals surface area (Å²) in [4.78, 5) is 41.9. The van der Waals surface area contributed by atoms with Gasteiger partial charge in [0, 0.05) is 17.6 Å². The minimum Gasteiger partial charge on any atom is -0.507 e. The summed E-state index contributed by atoms with van der Waals surface area (Å²) in [5, 5.41) is 16.6. The van der Waals surface area contributed by atoms with Gasteiger partial charge >= 0.3 is 6.09 Å². The predicted octanol–water partition coefficient (Wildman–Crippen LogP) is 4.59. The van der Waals surface area contributed by atoms with E-state index in [-0.39, 0.29) is 35.6 Å². The minimum absolute atomic E-state index is 0.00552. The van der Waals surface area contributed by atoms with Crippen LogP contribution >= 0.6 is 0 Å². The molecule has 3 N–H and O–H groups in total. The second-order valence-corrected chi connectivity index (χ2v) is 11.2. The van der Waals surface area contributed by atoms with Gasteiger partial charge in [0.25, 0.3) is 0 Å². The molecule has 0 radical (unpaired) electrons. The number of carbonyl (C=O) groups is 3. The number of carbonyl (C=O) groups excluding carboxylic acids is 3. The zero-order valence-corrected chi connectivity index (χ0v) is 22.5. The first-order chi connectivity index (χ1) is 16.2. The smallest absolute Gasteiger partial charge is 0.408 e. The fourth-order valence-electron chi connectivity index (χ4n) is 4.19. The Hall–Kier alpha value is -2.77. The highest BCUT2D eigenvalue weighted by Crippen LogP contribution is 2.38. The van der Waals surface area contributed by atoms with E-state index in [1.165, 1.54) is 0 Å². The molecule has 0 aliphatic heterocycles. The molecule has 0 heterocycles. The number of aromatic hydroxyl groups is 1. The Bertz CT molecular complexity index is 903. The van der Waals surface area contributed by atoms with Gasteiger partial charge in [0.15, 0.2) is 0 Å². The quantitative estimate of drug-likeness (QED) is 0.470. The van der Waals surface area contributed by atoms with Gasteiger partial charge in [0.2, 0.25) is 11.8 Å². The van der Waals surface area contributed by atoms with Crippen LogP contribution in [0.25, 0.3) is 0 Å². The summed E-state index contributed by atoms with van der Waals surface area (Å²) < 4.78 is 5.42. The number of phenolic OH excluding ortho intramolecular Hbond substituents is 1. The zero-order chi connectivity index (χ0) is 26.5. The Morgan fingerprint density at radius 3 is 2.23 bits per heavy atom. The van der Waals surface area contributed by atoms with Gasteiger partial charge in [-0.1, -0.05) is 32.0 Å². The van der Waals surface area contributed by atoms with Gasteiger partial charge in [-0.2, -0.15) is 0 Å². The van der Waals surface area contributed by atoms with Crippen LogP contribution < -0.4 is 10.6 Å². The molecule has 1 aliphatic carbocycles. The summed E-state index contributed by atoms with van der Waals surface area (Å²) >= 11 is 0. The topological polar surface area (TPSA) is 108 Å². The van der Waals surface area contributed by atoms with Crippen LogP contribution in [0.5, 0.6) is 5.75 Å². The first-order valence-electron chi connectivity index (χ1n) is 12.6. The molecule has 1 fully saturated rings. The molecule has 0 bridgehead atoms. The van der Waals surface area contributed by atoms with Gasteiger partial charge in [-0.25, -0.2) is 4.79 Å². The van der Waals surface area contributed by atoms with Gasteiger partial charge < -0.3 is 25.4 Å². The number of nitrogens with one attached hydrogen (secondary N) is 2. The van der Waals surface area contributed by atoms with E-state index in [9.17, 15) is 19.5 Å². The lowest BCUT2D eigenvalue weighted by molar-refractivity contribution is -0.148. The number of para-hydroxylation sites is 1. The number of nitrogens with zero attached hydrogens (tertiary/aromatic N) is 1. The molecule has 0 saturated heterocycles. The maximum Gasteiger partial charge on any atom is 0.408 e. The number of alkyl carbamates (subject to hydrolysis) is 1. The van der Waals surface area contributed by atoms with Crippen molar-refractivity contribution in [3.05, 3.63) is 29.3 Å². The van der Waals surface area contributed by atoms with Crippen molar-refractivity contribution in [1.82, 2.24) is 15.5 Å². The molecule has 1 saturated carbocycles. The highest BCUT2D eigenvalue weighted by atomic mass is 16.6. The summed E-state index contributed by atoms with van der Waals surface area (Å²) in [6, 6.07) is 3.01. The van der Waals surface area contributed by atoms with Crippen LogP contribution in [0.15, 0.2) is 18.2 Å². The van der Waals surface area contributed by atoms with Crippen LogP contribution in [0, 0.1) is 12.8 Å². The maximum atomic E-state index is 14.1. The molecule has 8 heteroatoms. The average molecular weight is 490 g/mol. The summed E-state index contributed by atoms with van der Waals surface area (Å²) in [7, 11) is 0. The van der Waals surface area contributed by atoms with Crippen LogP contribution in [0.4, 0.5) is 4.79 Å². The van der Waals surface area contributed by atoms with Crippen molar-refractivity contribution in [3.8, 4) is 5.75 Å². The molecule has 0 spiro atoms. The van der Waals surface area contributed by atoms with E-state index in [0.29, 0.717) is 17.5 Å². The van der Waals surface area contributed by atoms with Crippen molar-refractivity contribution < 1.29 is 24.2 Å². The monoisotopic (exact) mass is 489 g/mol. The Labute approximate surface area is 209 Å². The van der Waals surface area contributed by atoms with Crippen LogP contribution in [0.1, 0.15) is 91.3 Å². The maximum absolute atomic E-state index is 14.1. The number of rotatable bonds is 9. The van der Waals surface area contributed by atoms with Crippen LogP contribution in [0.2, 0.25) is 0 Å². The Kier molecular flexibility index (Phi) is 9.58. The minimum atomic E-state index is -1.02. The fraction of sp³-hybridized carbons (Fsp3) is 0.667.